The third-order valence-electron chi connectivity index (χ3n) is 2.82. The topological polar surface area (TPSA) is 43.4 Å². The fourth-order valence-electron chi connectivity index (χ4n) is 2.12. The van der Waals surface area contributed by atoms with E-state index in [9.17, 15) is 9.59 Å². The van der Waals surface area contributed by atoms with Crippen molar-refractivity contribution in [3.8, 4) is 0 Å². The van der Waals surface area contributed by atoms with Gasteiger partial charge in [0.15, 0.2) is 0 Å². The maximum absolute atomic E-state index is 11.1. The van der Waals surface area contributed by atoms with Gasteiger partial charge in [-0.1, -0.05) is 33.1 Å². The lowest BCUT2D eigenvalue weighted by molar-refractivity contribution is -0.154. The summed E-state index contributed by atoms with van der Waals surface area (Å²) in [7, 11) is 0. The molecular weight excluding hydrogens is 180 g/mol. The summed E-state index contributed by atoms with van der Waals surface area (Å²) in [5.74, 6) is -0.793. The predicted octanol–water partition coefficient (Wildman–Crippen LogP) is 2.29. The Kier molecular flexibility index (Phi) is 4.11. The highest BCUT2D eigenvalue weighted by Gasteiger charge is 2.43. The molecule has 0 aromatic carbocycles. The smallest absolute Gasteiger partial charge is 0.317 e. The quantitative estimate of drug-likeness (QED) is 0.443. The molecule has 3 nitrogen and oxygen atoms in total. The van der Waals surface area contributed by atoms with Gasteiger partial charge in [-0.05, 0) is 12.8 Å². The monoisotopic (exact) mass is 198 g/mol. The van der Waals surface area contributed by atoms with Crippen molar-refractivity contribution in [2.45, 2.75) is 46.0 Å². The van der Waals surface area contributed by atoms with E-state index in [1.54, 1.807) is 0 Å². The van der Waals surface area contributed by atoms with Crippen LogP contribution in [0.4, 0.5) is 0 Å². The molecule has 3 heteroatoms. The van der Waals surface area contributed by atoms with Crippen molar-refractivity contribution in [1.82, 2.24) is 0 Å². The maximum Gasteiger partial charge on any atom is 0.317 e. The van der Waals surface area contributed by atoms with E-state index in [0.29, 0.717) is 0 Å². The normalized spacial score (nSPS) is 31.0. The Morgan fingerprint density at radius 2 is 1.36 bits per heavy atom. The van der Waals surface area contributed by atoms with Crippen LogP contribution in [0, 0.1) is 11.8 Å². The van der Waals surface area contributed by atoms with Crippen molar-refractivity contribution < 1.29 is 14.3 Å². The molecule has 0 bridgehead atoms. The number of rotatable bonds is 0. The van der Waals surface area contributed by atoms with Crippen LogP contribution in [0.15, 0.2) is 0 Å². The van der Waals surface area contributed by atoms with Crippen LogP contribution in [-0.4, -0.2) is 11.9 Å². The number of fused-ring (bicyclic) bond motifs is 1. The van der Waals surface area contributed by atoms with Gasteiger partial charge in [-0.15, -0.1) is 0 Å². The van der Waals surface area contributed by atoms with Crippen LogP contribution in [0.2, 0.25) is 0 Å². The van der Waals surface area contributed by atoms with Gasteiger partial charge in [0.25, 0.3) is 0 Å². The minimum atomic E-state index is -0.285. The highest BCUT2D eigenvalue weighted by Crippen LogP contribution is 2.35. The summed E-state index contributed by atoms with van der Waals surface area (Å²) >= 11 is 0. The van der Waals surface area contributed by atoms with Crippen LogP contribution in [0.5, 0.6) is 0 Å². The van der Waals surface area contributed by atoms with Gasteiger partial charge in [0.05, 0.1) is 11.8 Å². The van der Waals surface area contributed by atoms with Crippen molar-refractivity contribution in [3.63, 3.8) is 0 Å². The SMILES string of the molecule is CC.O=C1OC(=O)C2CCCCCC12. The summed E-state index contributed by atoms with van der Waals surface area (Å²) in [4.78, 5) is 22.3. The van der Waals surface area contributed by atoms with E-state index >= 15 is 0 Å². The second kappa shape index (κ2) is 5.13. The first-order valence-corrected chi connectivity index (χ1v) is 5.54. The minimum absolute atomic E-state index is 0.111. The molecule has 2 atom stereocenters. The first-order chi connectivity index (χ1) is 6.79. The molecule has 0 aromatic rings. The van der Waals surface area contributed by atoms with Crippen molar-refractivity contribution in [2.75, 3.05) is 0 Å². The number of hydrogen-bond acceptors (Lipinski definition) is 3. The number of carbonyl (C=O) groups is 2. The Morgan fingerprint density at radius 3 is 1.79 bits per heavy atom. The van der Waals surface area contributed by atoms with Gasteiger partial charge in [0.2, 0.25) is 0 Å². The molecule has 1 saturated carbocycles. The molecule has 1 heterocycles. The van der Waals surface area contributed by atoms with E-state index in [1.165, 1.54) is 0 Å². The minimum Gasteiger partial charge on any atom is -0.393 e. The Balaban J connectivity index is 0.000000461. The molecular formula is C11H18O3. The molecule has 2 rings (SSSR count). The van der Waals surface area contributed by atoms with E-state index in [4.69, 9.17) is 0 Å². The van der Waals surface area contributed by atoms with E-state index in [-0.39, 0.29) is 23.8 Å². The maximum atomic E-state index is 11.1. The zero-order valence-corrected chi connectivity index (χ0v) is 8.91. The predicted molar refractivity (Wildman–Crippen MR) is 52.5 cm³/mol. The summed E-state index contributed by atoms with van der Waals surface area (Å²) in [5.41, 5.74) is 0. The van der Waals surface area contributed by atoms with Gasteiger partial charge in [-0.2, -0.15) is 0 Å². The third-order valence-corrected chi connectivity index (χ3v) is 2.82. The third kappa shape index (κ3) is 2.14. The summed E-state index contributed by atoms with van der Waals surface area (Å²) in [5, 5.41) is 0. The zero-order valence-electron chi connectivity index (χ0n) is 8.91. The Bertz CT molecular complexity index is 201. The molecule has 2 unspecified atom stereocenters. The molecule has 0 amide bonds. The lowest BCUT2D eigenvalue weighted by Crippen LogP contribution is -2.15. The molecule has 0 radical (unpaired) electrons. The Morgan fingerprint density at radius 1 is 0.929 bits per heavy atom. The Hall–Kier alpha value is -0.860. The highest BCUT2D eigenvalue weighted by atomic mass is 16.6. The summed E-state index contributed by atoms with van der Waals surface area (Å²) in [6.45, 7) is 4.00. The van der Waals surface area contributed by atoms with E-state index < -0.39 is 0 Å². The molecule has 14 heavy (non-hydrogen) atoms. The fraction of sp³-hybridized carbons (Fsp3) is 0.818. The van der Waals surface area contributed by atoms with Crippen molar-refractivity contribution >= 4 is 11.9 Å². The van der Waals surface area contributed by atoms with Gasteiger partial charge in [0, 0.05) is 0 Å². The van der Waals surface area contributed by atoms with Crippen molar-refractivity contribution in [1.29, 1.82) is 0 Å². The first-order valence-electron chi connectivity index (χ1n) is 5.54. The van der Waals surface area contributed by atoms with Gasteiger partial charge in [-0.25, -0.2) is 0 Å². The second-order valence-corrected chi connectivity index (χ2v) is 3.59. The van der Waals surface area contributed by atoms with Crippen molar-refractivity contribution in [2.24, 2.45) is 11.8 Å². The fourth-order valence-corrected chi connectivity index (χ4v) is 2.12. The number of carbonyl (C=O) groups excluding carboxylic acids is 2. The average Bonchev–Trinajstić information content (AvgIpc) is 2.44. The van der Waals surface area contributed by atoms with E-state index in [0.717, 1.165) is 32.1 Å². The van der Waals surface area contributed by atoms with Crippen LogP contribution >= 0.6 is 0 Å². The van der Waals surface area contributed by atoms with Crippen LogP contribution in [-0.2, 0) is 14.3 Å². The highest BCUT2D eigenvalue weighted by molar-refractivity contribution is 5.96. The summed E-state index contributed by atoms with van der Waals surface area (Å²) < 4.78 is 4.59. The molecule has 80 valence electrons. The summed E-state index contributed by atoms with van der Waals surface area (Å²) in [6, 6.07) is 0. The number of ether oxygens (including phenoxy) is 1. The molecule has 0 spiro atoms. The van der Waals surface area contributed by atoms with Crippen molar-refractivity contribution in [3.05, 3.63) is 0 Å². The molecule has 2 aliphatic rings. The van der Waals surface area contributed by atoms with Crippen LogP contribution < -0.4 is 0 Å². The number of esters is 2. The molecule has 2 fully saturated rings. The lowest BCUT2D eigenvalue weighted by Gasteiger charge is -2.06. The zero-order chi connectivity index (χ0) is 10.6. The Labute approximate surface area is 84.8 Å². The molecule has 0 N–H and O–H groups in total. The molecule has 1 aliphatic heterocycles. The van der Waals surface area contributed by atoms with Gasteiger partial charge in [0.1, 0.15) is 0 Å². The van der Waals surface area contributed by atoms with E-state index in [2.05, 4.69) is 4.74 Å². The van der Waals surface area contributed by atoms with Gasteiger partial charge in [-0.3, -0.25) is 9.59 Å². The number of cyclic esters (lactones) is 2. The standard InChI is InChI=1S/C9H12O3.C2H6/c10-8-6-4-2-1-3-5-7(6)9(11)12-8;1-2/h6-7H,1-5H2;1-2H3. The first kappa shape index (κ1) is 11.2. The van der Waals surface area contributed by atoms with Crippen LogP contribution in [0.1, 0.15) is 46.0 Å². The second-order valence-electron chi connectivity index (χ2n) is 3.59. The van der Waals surface area contributed by atoms with Crippen LogP contribution in [0.25, 0.3) is 0 Å². The summed E-state index contributed by atoms with van der Waals surface area (Å²) in [6.07, 6.45) is 4.95. The molecule has 1 saturated heterocycles. The van der Waals surface area contributed by atoms with Crippen LogP contribution in [0.3, 0.4) is 0 Å². The van der Waals surface area contributed by atoms with Gasteiger partial charge < -0.3 is 4.74 Å². The van der Waals surface area contributed by atoms with Gasteiger partial charge >= 0.3 is 11.9 Å². The van der Waals surface area contributed by atoms with E-state index in [1.807, 2.05) is 13.8 Å². The molecule has 0 aromatic heterocycles. The lowest BCUT2D eigenvalue weighted by atomic mass is 9.91. The average molecular weight is 198 g/mol. The molecule has 1 aliphatic carbocycles. The number of hydrogen-bond donors (Lipinski definition) is 0. The largest absolute Gasteiger partial charge is 0.393 e.